The van der Waals surface area contributed by atoms with E-state index in [1.165, 1.54) is 0 Å². The highest BCUT2D eigenvalue weighted by atomic mass is 79.9. The molecular formula is C39H64BrN5O3Si3. The molecular weight excluding hydrogens is 751 g/mol. The van der Waals surface area contributed by atoms with Gasteiger partial charge in [0.2, 0.25) is 5.95 Å². The fourth-order valence-corrected chi connectivity index (χ4v) is 9.67. The SMILES string of the molecule is CC(C)(C)[Si](C)(C)OCc1ccc2c(c1)nc(Nc1nn(COCC[Si](C)(C)C)c3ccc(Br)cc13)n2[C@H]1CC[C@H](O[Si](C)(C)C(C)(C)C)CC1. The number of hydrogen-bond donors (Lipinski definition) is 1. The highest BCUT2D eigenvalue weighted by Crippen LogP contribution is 2.42. The highest BCUT2D eigenvalue weighted by Gasteiger charge is 2.40. The summed E-state index contributed by atoms with van der Waals surface area (Å²) in [6.07, 6.45) is 4.50. The number of imidazole rings is 1. The van der Waals surface area contributed by atoms with Crippen LogP contribution in [0.15, 0.2) is 40.9 Å². The maximum Gasteiger partial charge on any atom is 0.209 e. The van der Waals surface area contributed by atoms with Crippen molar-refractivity contribution >= 4 is 74.3 Å². The molecule has 2 aromatic heterocycles. The number of aromatic nitrogens is 4. The van der Waals surface area contributed by atoms with Crippen LogP contribution in [0.4, 0.5) is 11.8 Å². The zero-order valence-electron chi connectivity index (χ0n) is 33.7. The maximum atomic E-state index is 6.90. The van der Waals surface area contributed by atoms with Crippen LogP contribution in [-0.2, 0) is 26.9 Å². The molecule has 0 bridgehead atoms. The van der Waals surface area contributed by atoms with Gasteiger partial charge in [-0.05, 0) is 104 Å². The molecule has 1 N–H and O–H groups in total. The Morgan fingerprint density at radius 1 is 0.843 bits per heavy atom. The lowest BCUT2D eigenvalue weighted by molar-refractivity contribution is 0.0819. The molecule has 0 aliphatic heterocycles. The Kier molecular flexibility index (Phi) is 12.0. The molecule has 2 aromatic carbocycles. The molecule has 4 aromatic rings. The van der Waals surface area contributed by atoms with Crippen LogP contribution in [0, 0.1) is 0 Å². The van der Waals surface area contributed by atoms with Gasteiger partial charge in [0.15, 0.2) is 22.5 Å². The van der Waals surface area contributed by atoms with E-state index in [0.717, 1.165) is 82.1 Å². The van der Waals surface area contributed by atoms with Crippen LogP contribution in [0.3, 0.4) is 0 Å². The zero-order chi connectivity index (χ0) is 37.6. The van der Waals surface area contributed by atoms with Gasteiger partial charge in [0.1, 0.15) is 6.73 Å². The van der Waals surface area contributed by atoms with E-state index in [2.05, 4.69) is 150 Å². The summed E-state index contributed by atoms with van der Waals surface area (Å²) in [6, 6.07) is 14.4. The Balaban J connectivity index is 1.47. The first-order valence-electron chi connectivity index (χ1n) is 18.9. The fraction of sp³-hybridized carbons (Fsp3) is 0.641. The maximum absolute atomic E-state index is 6.90. The van der Waals surface area contributed by atoms with Gasteiger partial charge in [-0.2, -0.15) is 5.10 Å². The molecule has 0 saturated heterocycles. The van der Waals surface area contributed by atoms with Gasteiger partial charge in [-0.15, -0.1) is 0 Å². The summed E-state index contributed by atoms with van der Waals surface area (Å²) in [7, 11) is -4.92. The van der Waals surface area contributed by atoms with Crippen LogP contribution in [0.1, 0.15) is 78.8 Å². The minimum atomic E-state index is -1.89. The van der Waals surface area contributed by atoms with Crippen LogP contribution >= 0.6 is 15.9 Å². The van der Waals surface area contributed by atoms with Gasteiger partial charge in [0.25, 0.3) is 0 Å². The van der Waals surface area contributed by atoms with Crippen LogP contribution in [0.5, 0.6) is 0 Å². The van der Waals surface area contributed by atoms with Crippen molar-refractivity contribution in [2.75, 3.05) is 11.9 Å². The largest absolute Gasteiger partial charge is 0.414 e. The Labute approximate surface area is 318 Å². The van der Waals surface area contributed by atoms with E-state index in [9.17, 15) is 0 Å². The van der Waals surface area contributed by atoms with Gasteiger partial charge >= 0.3 is 0 Å². The molecule has 1 aliphatic rings. The first kappa shape index (κ1) is 40.4. The number of nitrogens with zero attached hydrogens (tertiary/aromatic N) is 4. The van der Waals surface area contributed by atoms with Crippen molar-refractivity contribution in [3.05, 3.63) is 46.4 Å². The van der Waals surface area contributed by atoms with Crippen molar-refractivity contribution in [2.45, 2.75) is 155 Å². The fourth-order valence-electron chi connectivity index (χ4n) is 6.16. The molecule has 0 radical (unpaired) electrons. The van der Waals surface area contributed by atoms with Crippen molar-refractivity contribution < 1.29 is 13.6 Å². The number of fused-ring (bicyclic) bond motifs is 2. The normalized spacial score (nSPS) is 18.2. The van der Waals surface area contributed by atoms with E-state index in [0.29, 0.717) is 25.5 Å². The van der Waals surface area contributed by atoms with Gasteiger partial charge in [-0.1, -0.05) is 83.2 Å². The lowest BCUT2D eigenvalue weighted by Gasteiger charge is -2.41. The molecule has 2 heterocycles. The Morgan fingerprint density at radius 2 is 1.49 bits per heavy atom. The van der Waals surface area contributed by atoms with Crippen molar-refractivity contribution in [3.8, 4) is 0 Å². The molecule has 0 unspecified atom stereocenters. The quantitative estimate of drug-likeness (QED) is 0.107. The molecule has 0 atom stereocenters. The van der Waals surface area contributed by atoms with Gasteiger partial charge in [-0.3, -0.25) is 0 Å². The number of rotatable bonds is 13. The van der Waals surface area contributed by atoms with E-state index in [-0.39, 0.29) is 10.1 Å². The zero-order valence-corrected chi connectivity index (χ0v) is 38.3. The average Bonchev–Trinajstić information content (AvgIpc) is 3.53. The molecule has 51 heavy (non-hydrogen) atoms. The minimum absolute atomic E-state index is 0.156. The Bertz CT molecular complexity index is 1810. The molecule has 1 saturated carbocycles. The standard InChI is InChI=1S/C39H64BrN5O3Si3/c1-38(2,3)50(10,11)47-26-28-14-20-35-33(24-28)41-37(45(35)30-16-18-31(19-17-30)48-51(12,13)39(4,5)6)42-36-32-25-29(40)15-21-34(32)44(43-36)27-46-22-23-49(7,8)9/h14-15,20-21,24-25,30-31H,16-19,22-23,26-27H2,1-13H3,(H,41,42,43)/t30-,31-. The number of benzene rings is 2. The molecule has 5 rings (SSSR count). The van der Waals surface area contributed by atoms with Crippen molar-refractivity contribution in [3.63, 3.8) is 0 Å². The van der Waals surface area contributed by atoms with Crippen LogP contribution < -0.4 is 5.32 Å². The number of anilines is 2. The molecule has 0 amide bonds. The molecule has 282 valence electrons. The summed E-state index contributed by atoms with van der Waals surface area (Å²) >= 11 is 3.71. The van der Waals surface area contributed by atoms with Gasteiger partial charge in [-0.25, -0.2) is 9.67 Å². The molecule has 1 aliphatic carbocycles. The number of nitrogens with one attached hydrogen (secondary N) is 1. The van der Waals surface area contributed by atoms with Crippen LogP contribution in [0.2, 0.25) is 61.9 Å². The number of hydrogen-bond acceptors (Lipinski definition) is 6. The smallest absolute Gasteiger partial charge is 0.209 e. The lowest BCUT2D eigenvalue weighted by atomic mass is 9.93. The third-order valence-corrected chi connectivity index (χ3v) is 22.8. The summed E-state index contributed by atoms with van der Waals surface area (Å²) in [5, 5.41) is 10.2. The predicted molar refractivity (Wildman–Crippen MR) is 226 cm³/mol. The third kappa shape index (κ3) is 9.66. The predicted octanol–water partition coefficient (Wildman–Crippen LogP) is 12.2. The van der Waals surface area contributed by atoms with Gasteiger partial charge in [0.05, 0.1) is 23.2 Å². The Hall–Kier alpha value is -1.81. The average molecular weight is 815 g/mol. The second kappa shape index (κ2) is 15.1. The van der Waals surface area contributed by atoms with E-state index >= 15 is 0 Å². The third-order valence-electron chi connectivity index (χ3n) is 11.6. The summed E-state index contributed by atoms with van der Waals surface area (Å²) in [5.74, 6) is 1.61. The topological polar surface area (TPSA) is 75.4 Å². The number of halogens is 1. The van der Waals surface area contributed by atoms with E-state index in [1.54, 1.807) is 0 Å². The lowest BCUT2D eigenvalue weighted by Crippen LogP contribution is -2.44. The minimum Gasteiger partial charge on any atom is -0.414 e. The van der Waals surface area contributed by atoms with Crippen LogP contribution in [-0.4, -0.2) is 56.8 Å². The summed E-state index contributed by atoms with van der Waals surface area (Å²) < 4.78 is 25.1. The summed E-state index contributed by atoms with van der Waals surface area (Å²) in [6.45, 7) is 32.1. The molecule has 12 heteroatoms. The van der Waals surface area contributed by atoms with E-state index in [1.807, 2.05) is 4.68 Å². The summed E-state index contributed by atoms with van der Waals surface area (Å²) in [4.78, 5) is 5.28. The van der Waals surface area contributed by atoms with Crippen LogP contribution in [0.25, 0.3) is 21.9 Å². The first-order chi connectivity index (χ1) is 23.5. The monoisotopic (exact) mass is 813 g/mol. The molecule has 1 fully saturated rings. The van der Waals surface area contributed by atoms with Gasteiger partial charge in [0, 0.05) is 36.7 Å². The van der Waals surface area contributed by atoms with Gasteiger partial charge < -0.3 is 23.5 Å². The summed E-state index contributed by atoms with van der Waals surface area (Å²) in [5.41, 5.74) is 4.31. The van der Waals surface area contributed by atoms with Crippen molar-refractivity contribution in [2.24, 2.45) is 0 Å². The Morgan fingerprint density at radius 3 is 2.12 bits per heavy atom. The highest BCUT2D eigenvalue weighted by molar-refractivity contribution is 9.10. The van der Waals surface area contributed by atoms with E-state index in [4.69, 9.17) is 23.7 Å². The van der Waals surface area contributed by atoms with Crippen molar-refractivity contribution in [1.82, 2.24) is 19.3 Å². The second-order valence-electron chi connectivity index (χ2n) is 19.0. The van der Waals surface area contributed by atoms with E-state index < -0.39 is 24.7 Å². The van der Waals surface area contributed by atoms with Crippen molar-refractivity contribution in [1.29, 1.82) is 0 Å². The first-order valence-corrected chi connectivity index (χ1v) is 29.2. The molecule has 8 nitrogen and oxygen atoms in total. The number of ether oxygens (including phenoxy) is 1. The molecule has 0 spiro atoms. The second-order valence-corrected chi connectivity index (χ2v) is 35.1.